The summed E-state index contributed by atoms with van der Waals surface area (Å²) >= 11 is 0. The molecule has 0 aromatic heterocycles. The third kappa shape index (κ3) is 3.02. The number of carbonyl (C=O) groups is 1. The second-order valence-corrected chi connectivity index (χ2v) is 8.37. The van der Waals surface area contributed by atoms with Crippen molar-refractivity contribution >= 4 is 5.91 Å². The molecule has 142 valence electrons. The molecule has 4 heteroatoms. The lowest BCUT2D eigenvalue weighted by molar-refractivity contribution is -0.136. The molecule has 1 fully saturated rings. The van der Waals surface area contributed by atoms with Gasteiger partial charge in [-0.25, -0.2) is 0 Å². The fourth-order valence-electron chi connectivity index (χ4n) is 5.18. The Bertz CT molecular complexity index is 851. The zero-order valence-electron chi connectivity index (χ0n) is 16.4. The molecule has 0 spiro atoms. The van der Waals surface area contributed by atoms with Crippen LogP contribution in [0.3, 0.4) is 0 Å². The average Bonchev–Trinajstić information content (AvgIpc) is 2.66. The van der Waals surface area contributed by atoms with E-state index in [1.165, 1.54) is 11.1 Å². The first-order chi connectivity index (χ1) is 12.9. The molecule has 1 aliphatic carbocycles. The van der Waals surface area contributed by atoms with Gasteiger partial charge in [0.05, 0.1) is 12.5 Å². The SMILES string of the molecule is CN1CC[C@@]2(C)c3cc(O)ccc3C[C@@H]1[C@@H]2N(C)C(=O)Cc1ccccc1. The molecule has 1 heterocycles. The summed E-state index contributed by atoms with van der Waals surface area (Å²) in [5, 5.41) is 10.1. The summed E-state index contributed by atoms with van der Waals surface area (Å²) in [6.45, 7) is 3.27. The first kappa shape index (κ1) is 18.1. The number of hydrogen-bond acceptors (Lipinski definition) is 3. The Kier molecular flexibility index (Phi) is 4.47. The topological polar surface area (TPSA) is 43.8 Å². The molecule has 2 aromatic carbocycles. The van der Waals surface area contributed by atoms with Crippen LogP contribution in [0.25, 0.3) is 0 Å². The maximum atomic E-state index is 13.1. The number of benzene rings is 2. The zero-order valence-corrected chi connectivity index (χ0v) is 16.4. The second kappa shape index (κ2) is 6.68. The lowest BCUT2D eigenvalue weighted by Gasteiger charge is -2.57. The van der Waals surface area contributed by atoms with Crippen molar-refractivity contribution in [2.45, 2.75) is 43.7 Å². The van der Waals surface area contributed by atoms with Gasteiger partial charge in [0.25, 0.3) is 0 Å². The van der Waals surface area contributed by atoms with Gasteiger partial charge >= 0.3 is 0 Å². The lowest BCUT2D eigenvalue weighted by Crippen LogP contribution is -2.67. The third-order valence-electron chi connectivity index (χ3n) is 6.71. The van der Waals surface area contributed by atoms with Gasteiger partial charge in [-0.05, 0) is 55.3 Å². The van der Waals surface area contributed by atoms with Crippen LogP contribution >= 0.6 is 0 Å². The molecular formula is C23H28N2O2. The van der Waals surface area contributed by atoms with Gasteiger partial charge < -0.3 is 14.9 Å². The Morgan fingerprint density at radius 1 is 1.26 bits per heavy atom. The molecule has 2 bridgehead atoms. The zero-order chi connectivity index (χ0) is 19.2. The molecule has 0 saturated carbocycles. The number of aromatic hydroxyl groups is 1. The van der Waals surface area contributed by atoms with E-state index >= 15 is 0 Å². The Labute approximate surface area is 161 Å². The molecular weight excluding hydrogens is 336 g/mol. The number of amides is 1. The van der Waals surface area contributed by atoms with E-state index in [-0.39, 0.29) is 17.4 Å². The van der Waals surface area contributed by atoms with Crippen LogP contribution in [0, 0.1) is 0 Å². The maximum absolute atomic E-state index is 13.1. The van der Waals surface area contributed by atoms with E-state index in [1.807, 2.05) is 48.3 Å². The van der Waals surface area contributed by atoms with Crippen LogP contribution < -0.4 is 0 Å². The maximum Gasteiger partial charge on any atom is 0.227 e. The van der Waals surface area contributed by atoms with Gasteiger partial charge in [-0.15, -0.1) is 0 Å². The highest BCUT2D eigenvalue weighted by Gasteiger charge is 2.52. The molecule has 4 rings (SSSR count). The number of hydrogen-bond donors (Lipinski definition) is 1. The number of likely N-dealkylation sites (N-methyl/N-ethyl adjacent to an activating group) is 2. The van der Waals surface area contributed by atoms with Crippen molar-refractivity contribution in [3.05, 3.63) is 65.2 Å². The van der Waals surface area contributed by atoms with E-state index in [4.69, 9.17) is 0 Å². The Morgan fingerprint density at radius 2 is 2.00 bits per heavy atom. The molecule has 4 nitrogen and oxygen atoms in total. The van der Waals surface area contributed by atoms with E-state index in [2.05, 4.69) is 24.9 Å². The number of phenolic OH excluding ortho intramolecular Hbond substituents is 1. The predicted molar refractivity (Wildman–Crippen MR) is 107 cm³/mol. The van der Waals surface area contributed by atoms with Gasteiger partial charge in [-0.2, -0.15) is 0 Å². The van der Waals surface area contributed by atoms with Crippen LogP contribution in [0.4, 0.5) is 0 Å². The summed E-state index contributed by atoms with van der Waals surface area (Å²) in [4.78, 5) is 17.5. The van der Waals surface area contributed by atoms with Gasteiger partial charge in [0.2, 0.25) is 5.91 Å². The first-order valence-corrected chi connectivity index (χ1v) is 9.72. The molecule has 3 atom stereocenters. The summed E-state index contributed by atoms with van der Waals surface area (Å²) in [5.41, 5.74) is 3.40. The summed E-state index contributed by atoms with van der Waals surface area (Å²) in [6.07, 6.45) is 2.31. The Morgan fingerprint density at radius 3 is 2.74 bits per heavy atom. The quantitative estimate of drug-likeness (QED) is 0.911. The monoisotopic (exact) mass is 364 g/mol. The predicted octanol–water partition coefficient (Wildman–Crippen LogP) is 2.98. The largest absolute Gasteiger partial charge is 0.508 e. The van der Waals surface area contributed by atoms with Crippen LogP contribution in [0.1, 0.15) is 30.0 Å². The highest BCUT2D eigenvalue weighted by molar-refractivity contribution is 5.79. The van der Waals surface area contributed by atoms with Crippen molar-refractivity contribution in [1.82, 2.24) is 9.80 Å². The van der Waals surface area contributed by atoms with Crippen molar-refractivity contribution < 1.29 is 9.90 Å². The number of phenols is 1. The summed E-state index contributed by atoms with van der Waals surface area (Å²) < 4.78 is 0. The molecule has 2 aromatic rings. The molecule has 1 aliphatic heterocycles. The standard InChI is InChI=1S/C23H28N2O2/c1-23-11-12-24(2)20(14-17-9-10-18(26)15-19(17)23)22(23)25(3)21(27)13-16-7-5-4-6-8-16/h4-10,15,20,22,26H,11-14H2,1-3H3/t20-,22+,23+/m1/s1. The van der Waals surface area contributed by atoms with Gasteiger partial charge in [0, 0.05) is 18.5 Å². The van der Waals surface area contributed by atoms with Gasteiger partial charge in [0.1, 0.15) is 5.75 Å². The van der Waals surface area contributed by atoms with E-state index < -0.39 is 0 Å². The summed E-state index contributed by atoms with van der Waals surface area (Å²) in [7, 11) is 4.12. The van der Waals surface area contributed by atoms with Crippen molar-refractivity contribution in [2.24, 2.45) is 0 Å². The van der Waals surface area contributed by atoms with Gasteiger partial charge in [-0.3, -0.25) is 4.79 Å². The molecule has 1 saturated heterocycles. The van der Waals surface area contributed by atoms with E-state index in [0.717, 1.165) is 24.9 Å². The third-order valence-corrected chi connectivity index (χ3v) is 6.71. The van der Waals surface area contributed by atoms with Crippen molar-refractivity contribution in [3.8, 4) is 5.75 Å². The number of likely N-dealkylation sites (tertiary alicyclic amines) is 1. The van der Waals surface area contributed by atoms with Gasteiger partial charge in [-0.1, -0.05) is 43.3 Å². The highest BCUT2D eigenvalue weighted by atomic mass is 16.3. The molecule has 1 N–H and O–H groups in total. The molecule has 1 amide bonds. The minimum absolute atomic E-state index is 0.0989. The lowest BCUT2D eigenvalue weighted by atomic mass is 9.61. The normalized spacial score (nSPS) is 27.1. The van der Waals surface area contributed by atoms with Crippen molar-refractivity contribution in [2.75, 3.05) is 20.6 Å². The molecule has 2 aliphatic rings. The van der Waals surface area contributed by atoms with Crippen molar-refractivity contribution in [3.63, 3.8) is 0 Å². The summed E-state index contributed by atoms with van der Waals surface area (Å²) in [6, 6.07) is 16.1. The molecule has 0 unspecified atom stereocenters. The minimum Gasteiger partial charge on any atom is -0.508 e. The van der Waals surface area contributed by atoms with Crippen LogP contribution in [0.2, 0.25) is 0 Å². The first-order valence-electron chi connectivity index (χ1n) is 9.72. The van der Waals surface area contributed by atoms with Crippen molar-refractivity contribution in [1.29, 1.82) is 0 Å². The van der Waals surface area contributed by atoms with Crippen LogP contribution in [0.5, 0.6) is 5.75 Å². The number of nitrogens with zero attached hydrogens (tertiary/aromatic N) is 2. The average molecular weight is 364 g/mol. The van der Waals surface area contributed by atoms with Crippen LogP contribution in [0.15, 0.2) is 48.5 Å². The van der Waals surface area contributed by atoms with E-state index in [9.17, 15) is 9.90 Å². The van der Waals surface area contributed by atoms with Crippen LogP contribution in [-0.4, -0.2) is 53.5 Å². The van der Waals surface area contributed by atoms with E-state index in [0.29, 0.717) is 18.2 Å². The Hall–Kier alpha value is -2.33. The number of rotatable bonds is 3. The van der Waals surface area contributed by atoms with E-state index in [1.54, 1.807) is 6.07 Å². The van der Waals surface area contributed by atoms with Crippen LogP contribution in [-0.2, 0) is 23.1 Å². The summed E-state index contributed by atoms with van der Waals surface area (Å²) in [5.74, 6) is 0.464. The number of fused-ring (bicyclic) bond motifs is 4. The number of carbonyl (C=O) groups excluding carboxylic acids is 1. The second-order valence-electron chi connectivity index (χ2n) is 8.37. The Balaban J connectivity index is 1.69. The fourth-order valence-corrected chi connectivity index (χ4v) is 5.18. The number of piperidine rings is 1. The minimum atomic E-state index is -0.148. The van der Waals surface area contributed by atoms with Gasteiger partial charge in [0.15, 0.2) is 0 Å². The molecule has 27 heavy (non-hydrogen) atoms. The smallest absolute Gasteiger partial charge is 0.227 e. The highest BCUT2D eigenvalue weighted by Crippen LogP contribution is 2.47. The fraction of sp³-hybridized carbons (Fsp3) is 0.435. The molecule has 0 radical (unpaired) electrons.